The third-order valence-electron chi connectivity index (χ3n) is 2.73. The molecule has 1 aromatic carbocycles. The number of aromatic nitrogens is 1. The van der Waals surface area contributed by atoms with Crippen molar-refractivity contribution in [2.45, 2.75) is 11.8 Å². The second-order valence-corrected chi connectivity index (χ2v) is 5.97. The van der Waals surface area contributed by atoms with Crippen molar-refractivity contribution in [3.8, 4) is 11.8 Å². The lowest BCUT2D eigenvalue weighted by atomic mass is 10.1. The summed E-state index contributed by atoms with van der Waals surface area (Å²) in [6.45, 7) is 1.57. The van der Waals surface area contributed by atoms with E-state index in [1.54, 1.807) is 31.2 Å². The van der Waals surface area contributed by atoms with Crippen molar-refractivity contribution in [1.82, 2.24) is 4.98 Å². The molecule has 0 atom stereocenters. The van der Waals surface area contributed by atoms with E-state index < -0.39 is 10.0 Å². The summed E-state index contributed by atoms with van der Waals surface area (Å²) in [5.41, 5.74) is 1.94. The van der Waals surface area contributed by atoms with E-state index in [0.717, 1.165) is 5.56 Å². The third kappa shape index (κ3) is 3.81. The fourth-order valence-electron chi connectivity index (χ4n) is 1.71. The number of aliphatic hydroxyl groups excluding tert-OH is 1. The number of nitrogens with one attached hydrogen (secondary N) is 1. The van der Waals surface area contributed by atoms with Crippen LogP contribution in [0.15, 0.2) is 47.6 Å². The molecule has 1 heterocycles. The Hall–Kier alpha value is -2.36. The van der Waals surface area contributed by atoms with Crippen molar-refractivity contribution in [1.29, 1.82) is 0 Å². The van der Waals surface area contributed by atoms with Crippen molar-refractivity contribution >= 4 is 15.7 Å². The lowest BCUT2D eigenvalue weighted by molar-refractivity contribution is 0.350. The Morgan fingerprint density at radius 1 is 1.33 bits per heavy atom. The van der Waals surface area contributed by atoms with Gasteiger partial charge in [-0.3, -0.25) is 9.71 Å². The van der Waals surface area contributed by atoms with Crippen molar-refractivity contribution < 1.29 is 13.5 Å². The summed E-state index contributed by atoms with van der Waals surface area (Å²) in [7, 11) is -3.65. The maximum absolute atomic E-state index is 12.2. The molecule has 0 aliphatic rings. The zero-order valence-corrected chi connectivity index (χ0v) is 12.2. The van der Waals surface area contributed by atoms with Crippen molar-refractivity contribution in [3.05, 3.63) is 53.9 Å². The lowest BCUT2D eigenvalue weighted by Crippen LogP contribution is -2.13. The summed E-state index contributed by atoms with van der Waals surface area (Å²) in [6.07, 6.45) is 2.80. The number of benzene rings is 1. The van der Waals surface area contributed by atoms with Gasteiger partial charge in [0.2, 0.25) is 0 Å². The number of pyridine rings is 1. The molecule has 2 N–H and O–H groups in total. The van der Waals surface area contributed by atoms with Gasteiger partial charge >= 0.3 is 0 Å². The number of aryl methyl sites for hydroxylation is 1. The van der Waals surface area contributed by atoms with Crippen LogP contribution in [0, 0.1) is 18.8 Å². The van der Waals surface area contributed by atoms with Gasteiger partial charge in [-0.15, -0.1) is 0 Å². The zero-order valence-electron chi connectivity index (χ0n) is 11.4. The monoisotopic (exact) mass is 302 g/mol. The van der Waals surface area contributed by atoms with Crippen LogP contribution in [0.4, 0.5) is 5.69 Å². The van der Waals surface area contributed by atoms with Crippen molar-refractivity contribution in [2.24, 2.45) is 0 Å². The second-order valence-electron chi connectivity index (χ2n) is 4.28. The first kappa shape index (κ1) is 15.0. The van der Waals surface area contributed by atoms with Gasteiger partial charge in [0.1, 0.15) is 11.5 Å². The molecule has 108 valence electrons. The Morgan fingerprint density at radius 2 is 2.14 bits per heavy atom. The zero-order chi connectivity index (χ0) is 15.3. The Kier molecular flexibility index (Phi) is 4.58. The van der Waals surface area contributed by atoms with Crippen LogP contribution in [0.3, 0.4) is 0 Å². The van der Waals surface area contributed by atoms with Crippen LogP contribution in [0.5, 0.6) is 0 Å². The van der Waals surface area contributed by atoms with Gasteiger partial charge in [0.25, 0.3) is 10.0 Å². The molecule has 0 saturated heterocycles. The molecular formula is C15H14N2O3S. The molecule has 0 fully saturated rings. The first-order chi connectivity index (χ1) is 10.0. The molecule has 0 unspecified atom stereocenters. The van der Waals surface area contributed by atoms with Gasteiger partial charge in [0, 0.05) is 18.0 Å². The Bertz CT molecular complexity index is 791. The van der Waals surface area contributed by atoms with Gasteiger partial charge in [-0.2, -0.15) is 0 Å². The molecule has 0 aliphatic heterocycles. The van der Waals surface area contributed by atoms with E-state index in [0.29, 0.717) is 11.3 Å². The fraction of sp³-hybridized carbons (Fsp3) is 0.133. The van der Waals surface area contributed by atoms with Gasteiger partial charge < -0.3 is 5.11 Å². The van der Waals surface area contributed by atoms with E-state index in [2.05, 4.69) is 21.5 Å². The maximum Gasteiger partial charge on any atom is 0.263 e. The minimum Gasteiger partial charge on any atom is -0.384 e. The van der Waals surface area contributed by atoms with Gasteiger partial charge in [0.15, 0.2) is 0 Å². The minimum absolute atomic E-state index is 0.105. The number of aliphatic hydroxyl groups is 1. The number of sulfonamides is 1. The highest BCUT2D eigenvalue weighted by atomic mass is 32.2. The molecular weight excluding hydrogens is 288 g/mol. The van der Waals surface area contributed by atoms with E-state index in [-0.39, 0.29) is 11.5 Å². The van der Waals surface area contributed by atoms with Crippen LogP contribution in [0.1, 0.15) is 11.1 Å². The summed E-state index contributed by atoms with van der Waals surface area (Å²) < 4.78 is 26.9. The molecule has 0 bridgehead atoms. The number of rotatable bonds is 3. The molecule has 1 aromatic heterocycles. The predicted octanol–water partition coefficient (Wildman–Crippen LogP) is 1.53. The van der Waals surface area contributed by atoms with E-state index in [1.165, 1.54) is 18.5 Å². The largest absolute Gasteiger partial charge is 0.384 e. The summed E-state index contributed by atoms with van der Waals surface area (Å²) >= 11 is 0. The Morgan fingerprint density at radius 3 is 2.76 bits per heavy atom. The Labute approximate surface area is 123 Å². The third-order valence-corrected chi connectivity index (χ3v) is 4.08. The van der Waals surface area contributed by atoms with Gasteiger partial charge in [-0.1, -0.05) is 11.8 Å². The smallest absolute Gasteiger partial charge is 0.263 e. The molecule has 21 heavy (non-hydrogen) atoms. The highest BCUT2D eigenvalue weighted by Crippen LogP contribution is 2.20. The average molecular weight is 302 g/mol. The van der Waals surface area contributed by atoms with Crippen LogP contribution in [0.25, 0.3) is 0 Å². The highest BCUT2D eigenvalue weighted by molar-refractivity contribution is 7.92. The van der Waals surface area contributed by atoms with E-state index in [1.807, 2.05) is 0 Å². The highest BCUT2D eigenvalue weighted by Gasteiger charge is 2.15. The number of hydrogen-bond donors (Lipinski definition) is 2. The molecule has 0 aliphatic carbocycles. The molecule has 2 rings (SSSR count). The van der Waals surface area contributed by atoms with Crippen LogP contribution in [-0.4, -0.2) is 25.1 Å². The second kappa shape index (κ2) is 6.39. The molecule has 0 spiro atoms. The van der Waals surface area contributed by atoms with Gasteiger partial charge in [-0.25, -0.2) is 8.42 Å². The summed E-state index contributed by atoms with van der Waals surface area (Å²) in [5.74, 6) is 5.31. The van der Waals surface area contributed by atoms with Gasteiger partial charge in [-0.05, 0) is 42.8 Å². The summed E-state index contributed by atoms with van der Waals surface area (Å²) in [4.78, 5) is 3.91. The maximum atomic E-state index is 12.2. The van der Waals surface area contributed by atoms with E-state index >= 15 is 0 Å². The number of nitrogens with zero attached hydrogens (tertiary/aromatic N) is 1. The van der Waals surface area contributed by atoms with Crippen LogP contribution >= 0.6 is 0 Å². The first-order valence-corrected chi connectivity index (χ1v) is 7.64. The normalized spacial score (nSPS) is 10.6. The van der Waals surface area contributed by atoms with E-state index in [4.69, 9.17) is 5.11 Å². The molecule has 0 amide bonds. The molecule has 0 radical (unpaired) electrons. The fourth-order valence-corrected chi connectivity index (χ4v) is 2.80. The predicted molar refractivity (Wildman–Crippen MR) is 80.2 cm³/mol. The lowest BCUT2D eigenvalue weighted by Gasteiger charge is -2.10. The number of anilines is 1. The van der Waals surface area contributed by atoms with Crippen LogP contribution in [0.2, 0.25) is 0 Å². The summed E-state index contributed by atoms with van der Waals surface area (Å²) in [5, 5.41) is 8.66. The van der Waals surface area contributed by atoms with E-state index in [9.17, 15) is 8.42 Å². The van der Waals surface area contributed by atoms with Crippen LogP contribution < -0.4 is 4.72 Å². The topological polar surface area (TPSA) is 79.3 Å². The minimum atomic E-state index is -3.65. The molecule has 5 nitrogen and oxygen atoms in total. The Balaban J connectivity index is 2.28. The molecule has 0 saturated carbocycles. The van der Waals surface area contributed by atoms with Crippen molar-refractivity contribution in [2.75, 3.05) is 11.3 Å². The average Bonchev–Trinajstić information content (AvgIpc) is 2.48. The quantitative estimate of drug-likeness (QED) is 0.843. The van der Waals surface area contributed by atoms with Crippen LogP contribution in [-0.2, 0) is 10.0 Å². The molecule has 2 aromatic rings. The standard InChI is InChI=1S/C15H14N2O3S/c1-12-10-13(4-3-9-18)6-7-15(12)17-21(19,20)14-5-2-8-16-11-14/h2,5-8,10-11,17-18H,9H2,1H3. The van der Waals surface area contributed by atoms with Gasteiger partial charge in [0.05, 0.1) is 5.69 Å². The SMILES string of the molecule is Cc1cc(C#CCO)ccc1NS(=O)(=O)c1cccnc1. The first-order valence-electron chi connectivity index (χ1n) is 6.16. The molecule has 6 heteroatoms. The van der Waals surface area contributed by atoms with Crippen molar-refractivity contribution in [3.63, 3.8) is 0 Å². The number of hydrogen-bond acceptors (Lipinski definition) is 4. The summed E-state index contributed by atoms with van der Waals surface area (Å²) in [6, 6.07) is 8.13.